The van der Waals surface area contributed by atoms with Gasteiger partial charge in [-0.2, -0.15) is 20.1 Å². The number of rotatable bonds is 10. The van der Waals surface area contributed by atoms with Crippen molar-refractivity contribution in [3.63, 3.8) is 0 Å². The van der Waals surface area contributed by atoms with Crippen LogP contribution in [0.4, 0.5) is 17.8 Å². The van der Waals surface area contributed by atoms with Gasteiger partial charge < -0.3 is 19.3 Å². The second-order valence-corrected chi connectivity index (χ2v) is 11.0. The van der Waals surface area contributed by atoms with Crippen molar-refractivity contribution in [1.82, 2.24) is 15.0 Å². The van der Waals surface area contributed by atoms with Gasteiger partial charge in [-0.05, 0) is 78.4 Å². The molecule has 39 heavy (non-hydrogen) atoms. The molecule has 9 nitrogen and oxygen atoms in total. The zero-order valence-corrected chi connectivity index (χ0v) is 24.8. The first kappa shape index (κ1) is 27.7. The standard InChI is InChI=1S/C27H30BrCl2N7O2/c1-2-38-23-14-18(13-21(28)24(23)39-17-19-7-8-20(29)15-22(19)30)16-31-35-25-32-26(36-9-3-4-10-36)34-27(33-25)37-11-5-6-12-37/h7-8,13-16H,2-6,9-12,17H2,1H3,(H,32,33,34,35). The van der Waals surface area contributed by atoms with Crippen molar-refractivity contribution in [2.45, 2.75) is 39.2 Å². The summed E-state index contributed by atoms with van der Waals surface area (Å²) in [6.07, 6.45) is 6.29. The largest absolute Gasteiger partial charge is 0.490 e. The Labute approximate surface area is 246 Å². The van der Waals surface area contributed by atoms with E-state index in [-0.39, 0.29) is 6.61 Å². The first-order valence-electron chi connectivity index (χ1n) is 13.1. The van der Waals surface area contributed by atoms with Crippen molar-refractivity contribution < 1.29 is 9.47 Å². The number of aromatic nitrogens is 3. The van der Waals surface area contributed by atoms with E-state index in [1.165, 1.54) is 0 Å². The zero-order chi connectivity index (χ0) is 27.2. The molecule has 3 heterocycles. The molecular formula is C27H30BrCl2N7O2. The second kappa shape index (κ2) is 13.0. The minimum absolute atomic E-state index is 0.266. The predicted molar refractivity (Wildman–Crippen MR) is 160 cm³/mol. The SMILES string of the molecule is CCOc1cc(C=NNc2nc(N3CCCC3)nc(N3CCCC3)n2)cc(Br)c1OCc1ccc(Cl)cc1Cl. The van der Waals surface area contributed by atoms with E-state index < -0.39 is 0 Å². The molecule has 0 amide bonds. The Kier molecular flexibility index (Phi) is 9.26. The van der Waals surface area contributed by atoms with E-state index in [9.17, 15) is 0 Å². The van der Waals surface area contributed by atoms with E-state index in [2.05, 4.69) is 46.2 Å². The van der Waals surface area contributed by atoms with Crippen LogP contribution in [-0.2, 0) is 6.61 Å². The maximum Gasteiger partial charge on any atom is 0.250 e. The fourth-order valence-electron chi connectivity index (χ4n) is 4.54. The lowest BCUT2D eigenvalue weighted by Crippen LogP contribution is -2.25. The van der Waals surface area contributed by atoms with Crippen molar-refractivity contribution in [2.75, 3.05) is 48.0 Å². The Bertz CT molecular complexity index is 1300. The molecule has 0 bridgehead atoms. The lowest BCUT2D eigenvalue weighted by Gasteiger charge is -2.20. The van der Waals surface area contributed by atoms with Gasteiger partial charge in [-0.1, -0.05) is 29.3 Å². The summed E-state index contributed by atoms with van der Waals surface area (Å²) in [6.45, 7) is 6.50. The predicted octanol–water partition coefficient (Wildman–Crippen LogP) is 6.57. The van der Waals surface area contributed by atoms with E-state index in [1.807, 2.05) is 25.1 Å². The van der Waals surface area contributed by atoms with Crippen molar-refractivity contribution >= 4 is 63.2 Å². The van der Waals surface area contributed by atoms with Gasteiger partial charge in [0.05, 0.1) is 17.3 Å². The van der Waals surface area contributed by atoms with Gasteiger partial charge in [-0.3, -0.25) is 0 Å². The fourth-order valence-corrected chi connectivity index (χ4v) is 5.58. The quantitative estimate of drug-likeness (QED) is 0.198. The summed E-state index contributed by atoms with van der Waals surface area (Å²) in [6, 6.07) is 9.10. The summed E-state index contributed by atoms with van der Waals surface area (Å²) in [5.41, 5.74) is 4.64. The zero-order valence-electron chi connectivity index (χ0n) is 21.7. The fraction of sp³-hybridized carbons (Fsp3) is 0.407. The third-order valence-electron chi connectivity index (χ3n) is 6.49. The number of nitrogens with one attached hydrogen (secondary N) is 1. The third-order valence-corrected chi connectivity index (χ3v) is 7.66. The van der Waals surface area contributed by atoms with Gasteiger partial charge in [0, 0.05) is 41.8 Å². The summed E-state index contributed by atoms with van der Waals surface area (Å²) in [7, 11) is 0. The molecule has 1 N–H and O–H groups in total. The average Bonchev–Trinajstić information content (AvgIpc) is 3.64. The molecule has 12 heteroatoms. The molecule has 0 aliphatic carbocycles. The van der Waals surface area contributed by atoms with E-state index >= 15 is 0 Å². The lowest BCUT2D eigenvalue weighted by molar-refractivity contribution is 0.267. The van der Waals surface area contributed by atoms with Crippen LogP contribution in [0.1, 0.15) is 43.7 Å². The number of ether oxygens (including phenoxy) is 2. The van der Waals surface area contributed by atoms with E-state index in [0.29, 0.717) is 46.0 Å². The highest BCUT2D eigenvalue weighted by Gasteiger charge is 2.21. The van der Waals surface area contributed by atoms with Crippen LogP contribution in [0.25, 0.3) is 0 Å². The monoisotopic (exact) mass is 633 g/mol. The number of anilines is 3. The summed E-state index contributed by atoms with van der Waals surface area (Å²) >= 11 is 15.9. The number of hydrazone groups is 1. The molecule has 2 saturated heterocycles. The molecule has 2 aliphatic heterocycles. The van der Waals surface area contributed by atoms with Gasteiger partial charge >= 0.3 is 0 Å². The lowest BCUT2D eigenvalue weighted by atomic mass is 10.2. The summed E-state index contributed by atoms with van der Waals surface area (Å²) in [4.78, 5) is 18.4. The molecule has 0 spiro atoms. The number of hydrogen-bond acceptors (Lipinski definition) is 9. The van der Waals surface area contributed by atoms with Crippen LogP contribution in [-0.4, -0.2) is 54.0 Å². The van der Waals surface area contributed by atoms with Crippen molar-refractivity contribution in [2.24, 2.45) is 5.10 Å². The van der Waals surface area contributed by atoms with E-state index in [4.69, 9.17) is 37.7 Å². The van der Waals surface area contributed by atoms with Crippen molar-refractivity contribution in [3.8, 4) is 11.5 Å². The molecule has 0 saturated carbocycles. The topological polar surface area (TPSA) is 88.0 Å². The minimum atomic E-state index is 0.266. The van der Waals surface area contributed by atoms with Crippen LogP contribution < -0.4 is 24.7 Å². The summed E-state index contributed by atoms with van der Waals surface area (Å²) < 4.78 is 12.7. The highest BCUT2D eigenvalue weighted by molar-refractivity contribution is 9.10. The molecule has 0 radical (unpaired) electrons. The molecule has 2 aliphatic rings. The Morgan fingerprint density at radius 3 is 2.23 bits per heavy atom. The van der Waals surface area contributed by atoms with Crippen LogP contribution in [0.5, 0.6) is 11.5 Å². The molecule has 5 rings (SSSR count). The van der Waals surface area contributed by atoms with Crippen LogP contribution >= 0.6 is 39.1 Å². The molecule has 0 unspecified atom stereocenters. The van der Waals surface area contributed by atoms with Crippen LogP contribution in [0.15, 0.2) is 39.9 Å². The Morgan fingerprint density at radius 2 is 1.62 bits per heavy atom. The summed E-state index contributed by atoms with van der Waals surface area (Å²) in [5.74, 6) is 2.99. The van der Waals surface area contributed by atoms with Crippen LogP contribution in [0, 0.1) is 0 Å². The number of halogens is 3. The first-order valence-corrected chi connectivity index (χ1v) is 14.6. The highest BCUT2D eigenvalue weighted by Crippen LogP contribution is 2.37. The van der Waals surface area contributed by atoms with Crippen molar-refractivity contribution in [1.29, 1.82) is 0 Å². The molecule has 1 aromatic heterocycles. The van der Waals surface area contributed by atoms with Gasteiger partial charge in [0.1, 0.15) is 6.61 Å². The molecular weight excluding hydrogens is 605 g/mol. The Balaban J connectivity index is 1.32. The summed E-state index contributed by atoms with van der Waals surface area (Å²) in [5, 5.41) is 5.55. The number of nitrogens with zero attached hydrogens (tertiary/aromatic N) is 6. The average molecular weight is 635 g/mol. The van der Waals surface area contributed by atoms with Crippen LogP contribution in [0.3, 0.4) is 0 Å². The molecule has 2 aromatic carbocycles. The van der Waals surface area contributed by atoms with Crippen LogP contribution in [0.2, 0.25) is 10.0 Å². The van der Waals surface area contributed by atoms with Crippen molar-refractivity contribution in [3.05, 3.63) is 56.0 Å². The minimum Gasteiger partial charge on any atom is -0.490 e. The maximum absolute atomic E-state index is 6.31. The van der Waals surface area contributed by atoms with Gasteiger partial charge in [0.2, 0.25) is 17.8 Å². The van der Waals surface area contributed by atoms with Gasteiger partial charge in [0.15, 0.2) is 11.5 Å². The van der Waals surface area contributed by atoms with Gasteiger partial charge in [-0.25, -0.2) is 5.43 Å². The number of hydrogen-bond donors (Lipinski definition) is 1. The molecule has 0 atom stereocenters. The smallest absolute Gasteiger partial charge is 0.250 e. The molecule has 2 fully saturated rings. The Morgan fingerprint density at radius 1 is 0.949 bits per heavy atom. The van der Waals surface area contributed by atoms with E-state index in [1.54, 1.807) is 18.3 Å². The highest BCUT2D eigenvalue weighted by atomic mass is 79.9. The van der Waals surface area contributed by atoms with Gasteiger partial charge in [-0.15, -0.1) is 0 Å². The number of benzene rings is 2. The third kappa shape index (κ3) is 7.04. The molecule has 3 aromatic rings. The van der Waals surface area contributed by atoms with E-state index in [0.717, 1.165) is 67.5 Å². The first-order chi connectivity index (χ1) is 19.0. The maximum atomic E-state index is 6.31. The Hall–Kier alpha value is -2.82. The normalized spacial score (nSPS) is 15.4. The second-order valence-electron chi connectivity index (χ2n) is 9.30. The van der Waals surface area contributed by atoms with Gasteiger partial charge in [0.25, 0.3) is 0 Å². The molecule has 206 valence electrons.